The molecule has 34 heavy (non-hydrogen) atoms. The molecule has 0 aliphatic carbocycles. The summed E-state index contributed by atoms with van der Waals surface area (Å²) in [4.78, 5) is 12.5. The normalized spacial score (nSPS) is 15.2. The molecule has 1 aliphatic heterocycles. The van der Waals surface area contributed by atoms with E-state index in [-0.39, 0.29) is 6.03 Å². The molecule has 3 rings (SSSR count). The number of hydrogen-bond acceptors (Lipinski definition) is 5. The molecular weight excluding hydrogens is 432 g/mol. The van der Waals surface area contributed by atoms with Gasteiger partial charge in [0.15, 0.2) is 11.5 Å². The van der Waals surface area contributed by atoms with E-state index in [1.54, 1.807) is 25.3 Å². The lowest BCUT2D eigenvalue weighted by Crippen LogP contribution is -2.28. The van der Waals surface area contributed by atoms with Gasteiger partial charge in [-0.3, -0.25) is 0 Å². The summed E-state index contributed by atoms with van der Waals surface area (Å²) in [5.41, 5.74) is 1.57. The number of methoxy groups -OCH3 is 1. The van der Waals surface area contributed by atoms with Gasteiger partial charge in [0.05, 0.1) is 20.3 Å². The molecule has 2 aromatic rings. The summed E-state index contributed by atoms with van der Waals surface area (Å²) in [6, 6.07) is 12.9. The molecule has 2 N–H and O–H groups in total. The topological polar surface area (TPSA) is 78.1 Å². The maximum Gasteiger partial charge on any atom is 0.319 e. The van der Waals surface area contributed by atoms with Crippen molar-refractivity contribution in [3.8, 4) is 17.2 Å². The third-order valence-corrected chi connectivity index (χ3v) is 5.82. The van der Waals surface area contributed by atoms with Crippen molar-refractivity contribution in [2.75, 3.05) is 38.9 Å². The minimum absolute atomic E-state index is 0.297. The number of rotatable bonds is 13. The summed E-state index contributed by atoms with van der Waals surface area (Å²) < 4.78 is 22.7. The Morgan fingerprint density at radius 1 is 1.09 bits per heavy atom. The van der Waals surface area contributed by atoms with Crippen LogP contribution >= 0.6 is 0 Å². The first-order valence-corrected chi connectivity index (χ1v) is 12.2. The molecule has 0 saturated carbocycles. The molecule has 1 unspecified atom stereocenters. The molecule has 0 radical (unpaired) electrons. The first kappa shape index (κ1) is 25.7. The molecule has 1 aliphatic rings. The van der Waals surface area contributed by atoms with Crippen LogP contribution in [0, 0.1) is 11.8 Å². The number of nitrogens with one attached hydrogen (secondary N) is 2. The molecule has 0 bridgehead atoms. The molecule has 1 heterocycles. The molecule has 0 spiro atoms. The maximum atomic E-state index is 12.5. The van der Waals surface area contributed by atoms with Gasteiger partial charge in [0.1, 0.15) is 5.75 Å². The molecule has 1 saturated heterocycles. The van der Waals surface area contributed by atoms with E-state index < -0.39 is 0 Å². The number of benzene rings is 2. The highest BCUT2D eigenvalue weighted by molar-refractivity contribution is 5.89. The number of carbonyl (C=O) groups excluding carboxylic acids is 1. The van der Waals surface area contributed by atoms with Crippen LogP contribution in [0.15, 0.2) is 42.5 Å². The Kier molecular flexibility index (Phi) is 10.3. The minimum Gasteiger partial charge on any atom is -0.493 e. The van der Waals surface area contributed by atoms with Gasteiger partial charge in [0.25, 0.3) is 0 Å². The van der Waals surface area contributed by atoms with Crippen LogP contribution in [0.3, 0.4) is 0 Å². The third-order valence-electron chi connectivity index (χ3n) is 5.82. The van der Waals surface area contributed by atoms with Crippen molar-refractivity contribution >= 4 is 11.7 Å². The molecule has 1 atom stereocenters. The zero-order chi connectivity index (χ0) is 24.2. The molecule has 0 aromatic heterocycles. The summed E-state index contributed by atoms with van der Waals surface area (Å²) in [6.45, 7) is 7.67. The number of hydrogen-bond donors (Lipinski definition) is 2. The number of urea groups is 1. The lowest BCUT2D eigenvalue weighted by molar-refractivity contribution is 0.178. The van der Waals surface area contributed by atoms with Crippen molar-refractivity contribution < 1.29 is 23.7 Å². The van der Waals surface area contributed by atoms with Crippen LogP contribution in [0.25, 0.3) is 0 Å². The molecule has 186 valence electrons. The molecule has 2 amide bonds. The van der Waals surface area contributed by atoms with E-state index in [1.807, 2.05) is 24.3 Å². The van der Waals surface area contributed by atoms with Gasteiger partial charge in [-0.15, -0.1) is 0 Å². The molecule has 7 nitrogen and oxygen atoms in total. The van der Waals surface area contributed by atoms with Gasteiger partial charge in [-0.25, -0.2) is 4.79 Å². The summed E-state index contributed by atoms with van der Waals surface area (Å²) >= 11 is 0. The Labute approximate surface area is 203 Å². The number of ether oxygens (including phenoxy) is 4. The highest BCUT2D eigenvalue weighted by atomic mass is 16.5. The fraction of sp³-hybridized carbons (Fsp3) is 0.519. The average molecular weight is 471 g/mol. The predicted octanol–water partition coefficient (Wildman–Crippen LogP) is 5.64. The van der Waals surface area contributed by atoms with Crippen molar-refractivity contribution in [2.45, 2.75) is 46.1 Å². The first-order chi connectivity index (χ1) is 16.5. The van der Waals surface area contributed by atoms with Gasteiger partial charge in [0, 0.05) is 37.1 Å². The van der Waals surface area contributed by atoms with Gasteiger partial charge < -0.3 is 29.6 Å². The standard InChI is InChI=1S/C27H38N2O5/c1-20(2)7-6-14-33-26-17-23(10-11-25(26)31-3)29-27(30)28-18-22-8-4-5-9-24(22)34-16-13-21-12-15-32-19-21/h4-5,8-11,17,20-21H,6-7,12-16,18-19H2,1-3H3,(H2,28,29,30). The highest BCUT2D eigenvalue weighted by Crippen LogP contribution is 2.30. The van der Waals surface area contributed by atoms with E-state index in [4.69, 9.17) is 18.9 Å². The Balaban J connectivity index is 1.49. The molecule has 1 fully saturated rings. The van der Waals surface area contributed by atoms with Gasteiger partial charge in [-0.1, -0.05) is 32.0 Å². The fourth-order valence-corrected chi connectivity index (χ4v) is 3.83. The van der Waals surface area contributed by atoms with Gasteiger partial charge in [-0.2, -0.15) is 0 Å². The Morgan fingerprint density at radius 3 is 2.68 bits per heavy atom. The minimum atomic E-state index is -0.297. The highest BCUT2D eigenvalue weighted by Gasteiger charge is 2.16. The van der Waals surface area contributed by atoms with Crippen molar-refractivity contribution in [1.29, 1.82) is 0 Å². The second kappa shape index (κ2) is 13.7. The monoisotopic (exact) mass is 470 g/mol. The largest absolute Gasteiger partial charge is 0.493 e. The Bertz CT molecular complexity index is 896. The average Bonchev–Trinajstić information content (AvgIpc) is 3.35. The van der Waals surface area contributed by atoms with E-state index in [2.05, 4.69) is 24.5 Å². The third kappa shape index (κ3) is 8.45. The smallest absolute Gasteiger partial charge is 0.319 e. The van der Waals surface area contributed by atoms with Crippen LogP contribution in [0.1, 0.15) is 45.1 Å². The van der Waals surface area contributed by atoms with Crippen LogP contribution in [0.5, 0.6) is 17.2 Å². The first-order valence-electron chi connectivity index (χ1n) is 12.2. The zero-order valence-corrected chi connectivity index (χ0v) is 20.6. The van der Waals surface area contributed by atoms with Crippen molar-refractivity contribution in [3.63, 3.8) is 0 Å². The number of anilines is 1. The van der Waals surface area contributed by atoms with Crippen LogP contribution in [0.2, 0.25) is 0 Å². The number of carbonyl (C=O) groups is 1. The summed E-state index contributed by atoms with van der Waals surface area (Å²) in [5, 5.41) is 5.78. The second-order valence-electron chi connectivity index (χ2n) is 9.03. The van der Waals surface area contributed by atoms with E-state index >= 15 is 0 Å². The van der Waals surface area contributed by atoms with Crippen molar-refractivity contribution in [3.05, 3.63) is 48.0 Å². The van der Waals surface area contributed by atoms with Crippen LogP contribution < -0.4 is 24.8 Å². The van der Waals surface area contributed by atoms with Crippen LogP contribution in [-0.4, -0.2) is 39.6 Å². The second-order valence-corrected chi connectivity index (χ2v) is 9.03. The summed E-state index contributed by atoms with van der Waals surface area (Å²) in [6.07, 6.45) is 4.14. The Hall–Kier alpha value is -2.93. The fourth-order valence-electron chi connectivity index (χ4n) is 3.83. The van der Waals surface area contributed by atoms with Crippen molar-refractivity contribution in [2.24, 2.45) is 11.8 Å². The summed E-state index contributed by atoms with van der Waals surface area (Å²) in [5.74, 6) is 3.27. The SMILES string of the molecule is COc1ccc(NC(=O)NCc2ccccc2OCCC2CCOC2)cc1OCCCC(C)C. The van der Waals surface area contributed by atoms with Gasteiger partial charge in [-0.05, 0) is 55.7 Å². The lowest BCUT2D eigenvalue weighted by Gasteiger charge is -2.15. The van der Waals surface area contributed by atoms with E-state index in [9.17, 15) is 4.79 Å². The van der Waals surface area contributed by atoms with Gasteiger partial charge in [0.2, 0.25) is 0 Å². The zero-order valence-electron chi connectivity index (χ0n) is 20.6. The summed E-state index contributed by atoms with van der Waals surface area (Å²) in [7, 11) is 1.61. The van der Waals surface area contributed by atoms with Crippen LogP contribution in [-0.2, 0) is 11.3 Å². The van der Waals surface area contributed by atoms with E-state index in [0.717, 1.165) is 50.2 Å². The lowest BCUT2D eigenvalue weighted by atomic mass is 10.1. The van der Waals surface area contributed by atoms with Crippen LogP contribution in [0.4, 0.5) is 10.5 Å². The quantitative estimate of drug-likeness (QED) is 0.371. The molecular formula is C27H38N2O5. The number of amides is 2. The van der Waals surface area contributed by atoms with Gasteiger partial charge >= 0.3 is 6.03 Å². The van der Waals surface area contributed by atoms with Crippen molar-refractivity contribution in [1.82, 2.24) is 5.32 Å². The van der Waals surface area contributed by atoms with E-state index in [0.29, 0.717) is 48.8 Å². The number of para-hydroxylation sites is 1. The molecule has 2 aromatic carbocycles. The van der Waals surface area contributed by atoms with E-state index in [1.165, 1.54) is 0 Å². The molecule has 7 heteroatoms. The predicted molar refractivity (Wildman–Crippen MR) is 134 cm³/mol. The maximum absolute atomic E-state index is 12.5. The Morgan fingerprint density at radius 2 is 1.91 bits per heavy atom.